The second-order valence-corrected chi connectivity index (χ2v) is 14.9. The van der Waals surface area contributed by atoms with Crippen molar-refractivity contribution < 1.29 is 23.1 Å². The normalized spacial score (nSPS) is 22.1. The molecule has 3 fully saturated rings. The van der Waals surface area contributed by atoms with Crippen molar-refractivity contribution in [3.05, 3.63) is 46.8 Å². The van der Waals surface area contributed by atoms with Crippen molar-refractivity contribution in [2.24, 2.45) is 5.92 Å². The molecular formula is C33H50N6O5S. The molecule has 5 rings (SSSR count). The van der Waals surface area contributed by atoms with Crippen molar-refractivity contribution in [3.8, 4) is 0 Å². The van der Waals surface area contributed by atoms with Crippen molar-refractivity contribution in [3.63, 3.8) is 0 Å². The Labute approximate surface area is 267 Å². The number of unbranched alkanes of at least 4 members (excludes halogenated alkanes) is 1. The summed E-state index contributed by atoms with van der Waals surface area (Å²) in [7, 11) is -3.74. The number of aliphatic hydroxyl groups excluding tert-OH is 1. The zero-order valence-electron chi connectivity index (χ0n) is 27.0. The van der Waals surface area contributed by atoms with Gasteiger partial charge in [0, 0.05) is 37.4 Å². The number of nitrogens with one attached hydrogen (secondary N) is 3. The van der Waals surface area contributed by atoms with Gasteiger partial charge in [-0.3, -0.25) is 19.6 Å². The van der Waals surface area contributed by atoms with Gasteiger partial charge in [0.1, 0.15) is 11.6 Å². The highest BCUT2D eigenvalue weighted by Gasteiger charge is 2.54. The minimum atomic E-state index is -3.74. The van der Waals surface area contributed by atoms with E-state index in [9.17, 15) is 18.0 Å². The molecule has 0 bridgehead atoms. The molecule has 2 atom stereocenters. The Bertz CT molecular complexity index is 1410. The fraction of sp³-hybridized carbons (Fsp3) is 0.667. The minimum absolute atomic E-state index is 0.0178. The first kappa shape index (κ1) is 33.6. The van der Waals surface area contributed by atoms with Crippen LogP contribution in [0.2, 0.25) is 0 Å². The zero-order chi connectivity index (χ0) is 32.2. The lowest BCUT2D eigenvalue weighted by atomic mass is 9.78. The molecule has 12 heteroatoms. The Morgan fingerprint density at radius 1 is 1.09 bits per heavy atom. The Kier molecular flexibility index (Phi) is 10.7. The summed E-state index contributed by atoms with van der Waals surface area (Å²) >= 11 is 0. The predicted octanol–water partition coefficient (Wildman–Crippen LogP) is 3.32. The minimum Gasteiger partial charge on any atom is -0.395 e. The molecule has 3 heterocycles. The van der Waals surface area contributed by atoms with Gasteiger partial charge >= 0.3 is 0 Å². The number of piperazine rings is 1. The highest BCUT2D eigenvalue weighted by molar-refractivity contribution is 7.89. The molecule has 1 aliphatic carbocycles. The molecule has 1 aromatic heterocycles. The average molecular weight is 643 g/mol. The predicted molar refractivity (Wildman–Crippen MR) is 172 cm³/mol. The molecule has 248 valence electrons. The number of amides is 2. The first-order valence-corrected chi connectivity index (χ1v) is 18.2. The van der Waals surface area contributed by atoms with Gasteiger partial charge in [-0.1, -0.05) is 57.6 Å². The van der Waals surface area contributed by atoms with E-state index >= 15 is 0 Å². The molecule has 4 N–H and O–H groups in total. The standard InChI is InChI=1S/C33H50N6O5S/c1-4-5-18-39-31(41)28(22-25-9-7-6-8-10-25)35-32(42)33(39)15-19-38(20-16-33)30(29-23(2)36-37-24(29)3)26-11-13-27(14-12-26)45(43,44)34-17-21-40/h11-14,25,28,30,34,40H,4-10,15-22H2,1-3H3,(H,35,42)(H,36,37)/t28-,30?/m0/s1. The lowest BCUT2D eigenvalue weighted by Crippen LogP contribution is -2.73. The maximum absolute atomic E-state index is 14.0. The van der Waals surface area contributed by atoms with Gasteiger partial charge in [-0.05, 0) is 63.1 Å². The number of likely N-dealkylation sites (tertiary alicyclic amines) is 1. The van der Waals surface area contributed by atoms with Gasteiger partial charge in [-0.25, -0.2) is 13.1 Å². The van der Waals surface area contributed by atoms with Gasteiger partial charge in [0.15, 0.2) is 0 Å². The number of carbonyl (C=O) groups excluding carboxylic acids is 2. The van der Waals surface area contributed by atoms with Crippen LogP contribution in [0.3, 0.4) is 0 Å². The number of nitrogens with zero attached hydrogens (tertiary/aromatic N) is 3. The molecule has 11 nitrogen and oxygen atoms in total. The smallest absolute Gasteiger partial charge is 0.246 e. The van der Waals surface area contributed by atoms with Crippen LogP contribution in [0, 0.1) is 19.8 Å². The number of rotatable bonds is 12. The molecule has 1 aromatic carbocycles. The van der Waals surface area contributed by atoms with E-state index in [0.29, 0.717) is 38.4 Å². The van der Waals surface area contributed by atoms with Crippen LogP contribution in [0.25, 0.3) is 0 Å². The molecule has 2 amide bonds. The SMILES string of the molecule is CCCCN1C(=O)[C@H](CC2CCCCC2)NC(=O)C12CCN(C(c1ccc(S(=O)(=O)NCCO)cc1)c1c(C)n[nH]c1C)CC2. The summed E-state index contributed by atoms with van der Waals surface area (Å²) < 4.78 is 27.7. The lowest BCUT2D eigenvalue weighted by Gasteiger charge is -2.53. The topological polar surface area (TPSA) is 148 Å². The number of hydrogen-bond acceptors (Lipinski definition) is 7. The highest BCUT2D eigenvalue weighted by atomic mass is 32.2. The van der Waals surface area contributed by atoms with Crippen LogP contribution < -0.4 is 10.0 Å². The maximum atomic E-state index is 14.0. The number of aromatic amines is 1. The van der Waals surface area contributed by atoms with E-state index in [-0.39, 0.29) is 35.9 Å². The van der Waals surface area contributed by atoms with E-state index in [1.54, 1.807) is 12.1 Å². The average Bonchev–Trinajstić information content (AvgIpc) is 3.37. The molecule has 0 radical (unpaired) electrons. The lowest BCUT2D eigenvalue weighted by molar-refractivity contribution is -0.162. The summed E-state index contributed by atoms with van der Waals surface area (Å²) in [5.41, 5.74) is 2.87. The molecule has 1 unspecified atom stereocenters. The van der Waals surface area contributed by atoms with Gasteiger partial charge < -0.3 is 15.3 Å². The van der Waals surface area contributed by atoms with Gasteiger partial charge in [0.05, 0.1) is 23.2 Å². The largest absolute Gasteiger partial charge is 0.395 e. The quantitative estimate of drug-likeness (QED) is 0.278. The first-order valence-electron chi connectivity index (χ1n) is 16.7. The van der Waals surface area contributed by atoms with Gasteiger partial charge in [0.2, 0.25) is 21.8 Å². The summed E-state index contributed by atoms with van der Waals surface area (Å²) in [6.45, 7) is 7.49. The number of aromatic nitrogens is 2. The number of benzene rings is 1. The third kappa shape index (κ3) is 6.99. The molecular weight excluding hydrogens is 592 g/mol. The first-order chi connectivity index (χ1) is 21.6. The van der Waals surface area contributed by atoms with E-state index in [2.05, 4.69) is 32.1 Å². The number of carbonyl (C=O) groups is 2. The van der Waals surface area contributed by atoms with Crippen molar-refractivity contribution >= 4 is 21.8 Å². The molecule has 1 saturated carbocycles. The van der Waals surface area contributed by atoms with Gasteiger partial charge in [-0.2, -0.15) is 5.10 Å². The van der Waals surface area contributed by atoms with E-state index < -0.39 is 21.6 Å². The van der Waals surface area contributed by atoms with Crippen molar-refractivity contribution in [2.75, 3.05) is 32.8 Å². The molecule has 2 saturated heterocycles. The van der Waals surface area contributed by atoms with Crippen LogP contribution in [0.5, 0.6) is 0 Å². The third-order valence-corrected chi connectivity index (χ3v) is 11.7. The summed E-state index contributed by atoms with van der Waals surface area (Å²) in [5, 5.41) is 19.8. The number of sulfonamides is 1. The number of aryl methyl sites for hydroxylation is 2. The van der Waals surface area contributed by atoms with E-state index in [1.165, 1.54) is 19.3 Å². The fourth-order valence-corrected chi connectivity index (χ4v) is 8.72. The summed E-state index contributed by atoms with van der Waals surface area (Å²) in [6.07, 6.45) is 9.52. The fourth-order valence-electron chi connectivity index (χ4n) is 7.70. The van der Waals surface area contributed by atoms with Gasteiger partial charge in [-0.15, -0.1) is 0 Å². The van der Waals surface area contributed by atoms with Crippen LogP contribution in [0.1, 0.15) is 99.7 Å². The van der Waals surface area contributed by atoms with Gasteiger partial charge in [0.25, 0.3) is 0 Å². The Morgan fingerprint density at radius 3 is 2.38 bits per heavy atom. The van der Waals surface area contributed by atoms with E-state index in [0.717, 1.165) is 54.6 Å². The van der Waals surface area contributed by atoms with Crippen molar-refractivity contribution in [1.82, 2.24) is 30.0 Å². The molecule has 2 aromatic rings. The summed E-state index contributed by atoms with van der Waals surface area (Å²) in [6, 6.07) is 6.18. The maximum Gasteiger partial charge on any atom is 0.246 e. The third-order valence-electron chi connectivity index (χ3n) is 10.2. The van der Waals surface area contributed by atoms with Crippen LogP contribution in [-0.4, -0.2) is 89.7 Å². The van der Waals surface area contributed by atoms with E-state index in [4.69, 9.17) is 5.11 Å². The number of H-pyrrole nitrogens is 1. The Hall–Kier alpha value is -2.80. The molecule has 3 aliphatic rings. The van der Waals surface area contributed by atoms with Crippen LogP contribution in [0.4, 0.5) is 0 Å². The number of aliphatic hydroxyl groups is 1. The second-order valence-electron chi connectivity index (χ2n) is 13.1. The summed E-state index contributed by atoms with van der Waals surface area (Å²) in [5.74, 6) is 0.550. The molecule has 45 heavy (non-hydrogen) atoms. The number of hydrogen-bond donors (Lipinski definition) is 4. The van der Waals surface area contributed by atoms with Crippen molar-refractivity contribution in [2.45, 2.75) is 107 Å². The number of piperidine rings is 1. The zero-order valence-corrected chi connectivity index (χ0v) is 27.8. The second kappa shape index (κ2) is 14.3. The van der Waals surface area contributed by atoms with Crippen LogP contribution >= 0.6 is 0 Å². The highest BCUT2D eigenvalue weighted by Crippen LogP contribution is 2.40. The monoisotopic (exact) mass is 642 g/mol. The van der Waals surface area contributed by atoms with Crippen LogP contribution in [0.15, 0.2) is 29.2 Å². The Morgan fingerprint density at radius 2 is 1.78 bits per heavy atom. The summed E-state index contributed by atoms with van der Waals surface area (Å²) in [4.78, 5) is 32.4. The molecule has 2 aliphatic heterocycles. The van der Waals surface area contributed by atoms with Crippen LogP contribution in [-0.2, 0) is 19.6 Å². The Balaban J connectivity index is 1.39. The van der Waals surface area contributed by atoms with E-state index in [1.807, 2.05) is 30.9 Å². The van der Waals surface area contributed by atoms with Crippen molar-refractivity contribution in [1.29, 1.82) is 0 Å². The molecule has 1 spiro atoms.